The van der Waals surface area contributed by atoms with Gasteiger partial charge in [0.1, 0.15) is 9.81 Å². The Balaban J connectivity index is 1.64. The molecule has 2 saturated carbocycles. The fourth-order valence-corrected chi connectivity index (χ4v) is 11.4. The Morgan fingerprint density at radius 3 is 2.08 bits per heavy atom. The van der Waals surface area contributed by atoms with Gasteiger partial charge in [-0.3, -0.25) is 4.79 Å². The van der Waals surface area contributed by atoms with Crippen molar-refractivity contribution in [3.63, 3.8) is 0 Å². The summed E-state index contributed by atoms with van der Waals surface area (Å²) in [5.74, 6) is 0.118. The van der Waals surface area contributed by atoms with Gasteiger partial charge in [0, 0.05) is 10.5 Å². The van der Waals surface area contributed by atoms with Crippen LogP contribution >= 0.6 is 47.0 Å². The molecule has 2 heterocycles. The molecule has 5 nitrogen and oxygen atoms in total. The molecule has 0 amide bonds. The second-order valence-corrected chi connectivity index (χ2v) is 12.0. The van der Waals surface area contributed by atoms with E-state index in [-0.39, 0.29) is 14.9 Å². The molecular formula is C15H16O5S4. The quantitative estimate of drug-likeness (QED) is 0.646. The van der Waals surface area contributed by atoms with E-state index in [1.165, 1.54) is 45.2 Å². The van der Waals surface area contributed by atoms with Gasteiger partial charge in [-0.15, -0.1) is 11.8 Å². The van der Waals surface area contributed by atoms with Gasteiger partial charge in [-0.25, -0.2) is 9.59 Å². The van der Waals surface area contributed by atoms with Crippen LogP contribution in [0.4, 0.5) is 0 Å². The van der Waals surface area contributed by atoms with Crippen molar-refractivity contribution in [3.8, 4) is 0 Å². The maximum Gasteiger partial charge on any atom is 0.345 e. The molecule has 4 aliphatic rings. The lowest BCUT2D eigenvalue weighted by atomic mass is 10.00. The summed E-state index contributed by atoms with van der Waals surface area (Å²) in [6.07, 6.45) is 3.65. The minimum atomic E-state index is -0.872. The van der Waals surface area contributed by atoms with Crippen molar-refractivity contribution in [2.45, 2.75) is 33.2 Å². The summed E-state index contributed by atoms with van der Waals surface area (Å²) in [6, 6.07) is 0. The Hall–Kier alpha value is -0.250. The summed E-state index contributed by atoms with van der Waals surface area (Å²) in [6.45, 7) is 0. The van der Waals surface area contributed by atoms with Crippen LogP contribution in [-0.2, 0) is 23.9 Å². The van der Waals surface area contributed by atoms with Gasteiger partial charge in [0.25, 0.3) is 0 Å². The van der Waals surface area contributed by atoms with Gasteiger partial charge in [0.2, 0.25) is 5.12 Å². The van der Waals surface area contributed by atoms with Crippen molar-refractivity contribution in [1.82, 2.24) is 0 Å². The van der Waals surface area contributed by atoms with Crippen molar-refractivity contribution in [3.05, 3.63) is 9.81 Å². The van der Waals surface area contributed by atoms with E-state index >= 15 is 0 Å². The van der Waals surface area contributed by atoms with Gasteiger partial charge in [-0.2, -0.15) is 0 Å². The highest BCUT2D eigenvalue weighted by atomic mass is 32.3. The van der Waals surface area contributed by atoms with Gasteiger partial charge in [-0.1, -0.05) is 35.3 Å². The molecule has 0 aromatic carbocycles. The number of esters is 2. The van der Waals surface area contributed by atoms with Gasteiger partial charge < -0.3 is 9.47 Å². The molecule has 4 atom stereocenters. The Kier molecular flexibility index (Phi) is 4.42. The van der Waals surface area contributed by atoms with Crippen LogP contribution in [0.2, 0.25) is 0 Å². The van der Waals surface area contributed by atoms with Gasteiger partial charge in [0.05, 0.1) is 14.2 Å². The van der Waals surface area contributed by atoms with Crippen LogP contribution in [0.5, 0.6) is 0 Å². The lowest BCUT2D eigenvalue weighted by molar-refractivity contribution is -0.138. The molecule has 2 bridgehead atoms. The van der Waals surface area contributed by atoms with Crippen molar-refractivity contribution in [2.75, 3.05) is 14.2 Å². The van der Waals surface area contributed by atoms with E-state index in [1.807, 2.05) is 0 Å². The minimum Gasteiger partial charge on any atom is -0.465 e. The number of methoxy groups -OCH3 is 2. The van der Waals surface area contributed by atoms with Crippen LogP contribution in [0.3, 0.4) is 0 Å². The molecule has 4 rings (SSSR count). The van der Waals surface area contributed by atoms with Crippen molar-refractivity contribution in [1.29, 1.82) is 0 Å². The lowest BCUT2D eigenvalue weighted by Gasteiger charge is -2.41. The first kappa shape index (κ1) is 17.2. The third-order valence-corrected chi connectivity index (χ3v) is 12.2. The molecule has 3 fully saturated rings. The Morgan fingerprint density at radius 1 is 1.00 bits per heavy atom. The largest absolute Gasteiger partial charge is 0.465 e. The highest BCUT2D eigenvalue weighted by Gasteiger charge is 2.62. The first-order valence-corrected chi connectivity index (χ1v) is 11.1. The second-order valence-electron chi connectivity index (χ2n) is 6.19. The Morgan fingerprint density at radius 2 is 1.54 bits per heavy atom. The molecule has 130 valence electrons. The van der Waals surface area contributed by atoms with Crippen LogP contribution in [0, 0.1) is 11.8 Å². The maximum absolute atomic E-state index is 12.9. The third kappa shape index (κ3) is 2.46. The summed E-state index contributed by atoms with van der Waals surface area (Å²) < 4.78 is 8.72. The van der Waals surface area contributed by atoms with E-state index in [1.54, 1.807) is 11.8 Å². The topological polar surface area (TPSA) is 69.7 Å². The summed E-state index contributed by atoms with van der Waals surface area (Å²) in [7, 11) is 2.55. The highest BCUT2D eigenvalue weighted by Crippen LogP contribution is 2.70. The zero-order valence-electron chi connectivity index (χ0n) is 13.1. The summed E-state index contributed by atoms with van der Waals surface area (Å²) in [5.41, 5.74) is 0. The van der Waals surface area contributed by atoms with E-state index in [0.29, 0.717) is 22.3 Å². The number of ether oxygens (including phenoxy) is 2. The fourth-order valence-electron chi connectivity index (χ4n) is 3.90. The molecule has 2 aliphatic carbocycles. The SMILES string of the molecule is COC(=O)C1=C(C(=O)OC)SC2(S1)S[C@H]1[C@@H]3CC[C@@H](C3)[C@H]1SC2=O. The van der Waals surface area contributed by atoms with E-state index in [0.717, 1.165) is 23.5 Å². The molecule has 1 spiro atoms. The van der Waals surface area contributed by atoms with E-state index < -0.39 is 15.3 Å². The van der Waals surface area contributed by atoms with Crippen LogP contribution < -0.4 is 0 Å². The van der Waals surface area contributed by atoms with Gasteiger partial charge >= 0.3 is 11.9 Å². The number of thioether (sulfide) groups is 4. The Labute approximate surface area is 156 Å². The van der Waals surface area contributed by atoms with Crippen LogP contribution in [-0.4, -0.2) is 45.2 Å². The monoisotopic (exact) mass is 404 g/mol. The average molecular weight is 405 g/mol. The number of carbonyl (C=O) groups is 3. The summed E-state index contributed by atoms with van der Waals surface area (Å²) in [4.78, 5) is 37.5. The zero-order chi connectivity index (χ0) is 17.1. The van der Waals surface area contributed by atoms with Crippen LogP contribution in [0.1, 0.15) is 19.3 Å². The fraction of sp³-hybridized carbons (Fsp3) is 0.667. The molecule has 2 aliphatic heterocycles. The normalized spacial score (nSPS) is 36.2. The smallest absolute Gasteiger partial charge is 0.345 e. The minimum absolute atomic E-state index is 0.0385. The molecule has 24 heavy (non-hydrogen) atoms. The Bertz CT molecular complexity index is 632. The van der Waals surface area contributed by atoms with Crippen LogP contribution in [0.15, 0.2) is 9.81 Å². The molecule has 0 aromatic heterocycles. The van der Waals surface area contributed by atoms with Gasteiger partial charge in [0.15, 0.2) is 3.41 Å². The first-order valence-electron chi connectivity index (χ1n) is 7.67. The summed E-state index contributed by atoms with van der Waals surface area (Å²) >= 11 is 5.40. The number of hydrogen-bond acceptors (Lipinski definition) is 9. The average Bonchev–Trinajstić information content (AvgIpc) is 3.28. The predicted octanol–water partition coefficient (Wildman–Crippen LogP) is 2.85. The predicted molar refractivity (Wildman–Crippen MR) is 97.6 cm³/mol. The maximum atomic E-state index is 12.9. The first-order chi connectivity index (χ1) is 11.5. The molecule has 0 radical (unpaired) electrons. The van der Waals surface area contributed by atoms with E-state index in [2.05, 4.69) is 0 Å². The van der Waals surface area contributed by atoms with Crippen molar-refractivity contribution < 1.29 is 23.9 Å². The number of fused-ring (bicyclic) bond motifs is 5. The zero-order valence-corrected chi connectivity index (χ0v) is 16.4. The molecular weight excluding hydrogens is 388 g/mol. The number of rotatable bonds is 2. The molecule has 9 heteroatoms. The lowest BCUT2D eigenvalue weighted by Crippen LogP contribution is -2.41. The number of carbonyl (C=O) groups excluding carboxylic acids is 3. The standard InChI is InChI=1S/C15H16O5S4/c1-19-12(16)10-11(13(17)20-2)24-15(23-10)14(18)21-8-6-3-4-7(5-6)9(8)22-15/h6-9H,3-5H2,1-2H3/t6-,7+,8+,9-/m0/s1. The van der Waals surface area contributed by atoms with E-state index in [4.69, 9.17) is 9.47 Å². The third-order valence-electron chi connectivity index (χ3n) is 4.97. The molecule has 1 saturated heterocycles. The second kappa shape index (κ2) is 6.17. The van der Waals surface area contributed by atoms with Crippen molar-refractivity contribution >= 4 is 64.1 Å². The molecule has 0 N–H and O–H groups in total. The van der Waals surface area contributed by atoms with E-state index in [9.17, 15) is 14.4 Å². The summed E-state index contributed by atoms with van der Waals surface area (Å²) in [5, 5.41) is 0.843. The molecule has 0 unspecified atom stereocenters. The van der Waals surface area contributed by atoms with Gasteiger partial charge in [-0.05, 0) is 31.1 Å². The van der Waals surface area contributed by atoms with Crippen LogP contribution in [0.25, 0.3) is 0 Å². The molecule has 0 aromatic rings. The highest BCUT2D eigenvalue weighted by molar-refractivity contribution is 8.43. The van der Waals surface area contributed by atoms with Crippen molar-refractivity contribution in [2.24, 2.45) is 11.8 Å². The number of hydrogen-bond donors (Lipinski definition) is 0.